The van der Waals surface area contributed by atoms with Crippen LogP contribution < -0.4 is 9.47 Å². The van der Waals surface area contributed by atoms with Crippen LogP contribution in [0, 0.1) is 0 Å². The number of benzene rings is 1. The Morgan fingerprint density at radius 3 is 2.60 bits per heavy atom. The van der Waals surface area contributed by atoms with Crippen molar-refractivity contribution in [3.05, 3.63) is 23.8 Å². The molecule has 1 N–H and O–H groups in total. The molecular formula is C12H16O3. The maximum Gasteiger partial charge on any atom is 0.161 e. The number of aliphatic hydroxyl groups excluding tert-OH is 1. The van der Waals surface area contributed by atoms with Crippen LogP contribution in [0.5, 0.6) is 11.5 Å². The molecule has 0 aliphatic heterocycles. The fourth-order valence-corrected chi connectivity index (χ4v) is 1.41. The largest absolute Gasteiger partial charge is 0.493 e. The molecule has 1 saturated carbocycles. The molecule has 0 spiro atoms. The average Bonchev–Trinajstić information content (AvgIpc) is 3.01. The summed E-state index contributed by atoms with van der Waals surface area (Å²) in [6.07, 6.45) is 2.09. The molecule has 1 aromatic rings. The smallest absolute Gasteiger partial charge is 0.161 e. The van der Waals surface area contributed by atoms with Crippen molar-refractivity contribution in [1.82, 2.24) is 0 Å². The van der Waals surface area contributed by atoms with Crippen molar-refractivity contribution < 1.29 is 14.6 Å². The summed E-state index contributed by atoms with van der Waals surface area (Å²) in [6.45, 7) is 1.74. The van der Waals surface area contributed by atoms with Crippen molar-refractivity contribution in [2.45, 2.75) is 32.0 Å². The molecule has 0 heterocycles. The second kappa shape index (κ2) is 4.11. The van der Waals surface area contributed by atoms with Gasteiger partial charge in [-0.2, -0.15) is 0 Å². The lowest BCUT2D eigenvalue weighted by Crippen LogP contribution is -2.00. The molecule has 15 heavy (non-hydrogen) atoms. The fourth-order valence-electron chi connectivity index (χ4n) is 1.41. The van der Waals surface area contributed by atoms with Crippen LogP contribution in [0.15, 0.2) is 18.2 Å². The van der Waals surface area contributed by atoms with Gasteiger partial charge in [-0.1, -0.05) is 6.07 Å². The van der Waals surface area contributed by atoms with Crippen molar-refractivity contribution in [2.24, 2.45) is 0 Å². The van der Waals surface area contributed by atoms with Crippen LogP contribution in [0.3, 0.4) is 0 Å². The highest BCUT2D eigenvalue weighted by Gasteiger charge is 2.25. The molecule has 1 aliphatic carbocycles. The molecular weight excluding hydrogens is 192 g/mol. The predicted octanol–water partition coefficient (Wildman–Crippen LogP) is 2.29. The number of methoxy groups -OCH3 is 1. The van der Waals surface area contributed by atoms with Gasteiger partial charge < -0.3 is 14.6 Å². The first kappa shape index (κ1) is 10.3. The number of aliphatic hydroxyl groups is 1. The van der Waals surface area contributed by atoms with E-state index in [1.165, 1.54) is 0 Å². The van der Waals surface area contributed by atoms with E-state index in [9.17, 15) is 5.11 Å². The van der Waals surface area contributed by atoms with Crippen LogP contribution >= 0.6 is 0 Å². The van der Waals surface area contributed by atoms with E-state index in [0.29, 0.717) is 6.10 Å². The van der Waals surface area contributed by atoms with E-state index in [1.807, 2.05) is 18.2 Å². The molecule has 0 radical (unpaired) electrons. The van der Waals surface area contributed by atoms with Crippen LogP contribution in [0.1, 0.15) is 31.4 Å². The van der Waals surface area contributed by atoms with Gasteiger partial charge in [-0.3, -0.25) is 0 Å². The monoisotopic (exact) mass is 208 g/mol. The lowest BCUT2D eigenvalue weighted by molar-refractivity contribution is 0.198. The zero-order valence-electron chi connectivity index (χ0n) is 9.06. The number of hydrogen-bond acceptors (Lipinski definition) is 3. The first-order chi connectivity index (χ1) is 7.20. The minimum Gasteiger partial charge on any atom is -0.493 e. The molecule has 3 heteroatoms. The Hall–Kier alpha value is -1.22. The van der Waals surface area contributed by atoms with E-state index in [-0.39, 0.29) is 0 Å². The summed E-state index contributed by atoms with van der Waals surface area (Å²) in [6, 6.07) is 5.53. The molecule has 1 atom stereocenters. The molecule has 0 amide bonds. The van der Waals surface area contributed by atoms with Gasteiger partial charge in [0.2, 0.25) is 0 Å². The molecule has 1 aliphatic rings. The van der Waals surface area contributed by atoms with Crippen molar-refractivity contribution in [3.8, 4) is 11.5 Å². The van der Waals surface area contributed by atoms with Gasteiger partial charge in [0, 0.05) is 0 Å². The molecule has 0 saturated heterocycles. The molecule has 3 nitrogen and oxygen atoms in total. The predicted molar refractivity (Wildman–Crippen MR) is 57.3 cm³/mol. The lowest BCUT2D eigenvalue weighted by atomic mass is 10.1. The average molecular weight is 208 g/mol. The zero-order valence-corrected chi connectivity index (χ0v) is 9.06. The number of rotatable bonds is 4. The van der Waals surface area contributed by atoms with E-state index in [1.54, 1.807) is 14.0 Å². The van der Waals surface area contributed by atoms with Gasteiger partial charge in [0.05, 0.1) is 19.3 Å². The third kappa shape index (κ3) is 2.42. The van der Waals surface area contributed by atoms with Crippen LogP contribution in [-0.4, -0.2) is 18.3 Å². The van der Waals surface area contributed by atoms with Crippen molar-refractivity contribution >= 4 is 0 Å². The van der Waals surface area contributed by atoms with Gasteiger partial charge in [0.1, 0.15) is 0 Å². The Morgan fingerprint density at radius 1 is 1.33 bits per heavy atom. The Kier molecular flexibility index (Phi) is 2.82. The first-order valence-corrected chi connectivity index (χ1v) is 5.23. The Bertz CT molecular complexity index is 343. The molecule has 0 bridgehead atoms. The number of ether oxygens (including phenoxy) is 2. The maximum atomic E-state index is 9.47. The fraction of sp³-hybridized carbons (Fsp3) is 0.500. The highest BCUT2D eigenvalue weighted by atomic mass is 16.5. The summed E-state index contributed by atoms with van der Waals surface area (Å²) in [4.78, 5) is 0. The van der Waals surface area contributed by atoms with Crippen LogP contribution in [0.4, 0.5) is 0 Å². The van der Waals surface area contributed by atoms with Gasteiger partial charge >= 0.3 is 0 Å². The quantitative estimate of drug-likeness (QED) is 0.825. The highest BCUT2D eigenvalue weighted by molar-refractivity contribution is 5.43. The summed E-state index contributed by atoms with van der Waals surface area (Å²) < 4.78 is 10.9. The third-order valence-corrected chi connectivity index (χ3v) is 2.49. The van der Waals surface area contributed by atoms with E-state index < -0.39 is 6.10 Å². The van der Waals surface area contributed by atoms with E-state index in [0.717, 1.165) is 29.9 Å². The van der Waals surface area contributed by atoms with Gasteiger partial charge in [-0.25, -0.2) is 0 Å². The molecule has 1 fully saturated rings. The second-order valence-corrected chi connectivity index (χ2v) is 3.90. The highest BCUT2D eigenvalue weighted by Crippen LogP contribution is 2.35. The topological polar surface area (TPSA) is 38.7 Å². The normalized spacial score (nSPS) is 17.3. The van der Waals surface area contributed by atoms with E-state index >= 15 is 0 Å². The van der Waals surface area contributed by atoms with Crippen LogP contribution in [-0.2, 0) is 0 Å². The van der Waals surface area contributed by atoms with Gasteiger partial charge in [-0.15, -0.1) is 0 Å². The molecule has 1 unspecified atom stereocenters. The summed E-state index contributed by atoms with van der Waals surface area (Å²) >= 11 is 0. The standard InChI is InChI=1S/C12H16O3/c1-8(13)9-3-6-11(14-2)12(7-9)15-10-4-5-10/h3,6-8,10,13H,4-5H2,1-2H3. The van der Waals surface area contributed by atoms with Gasteiger partial charge in [0.25, 0.3) is 0 Å². The minimum atomic E-state index is -0.475. The molecule has 2 rings (SSSR count). The van der Waals surface area contributed by atoms with Gasteiger partial charge in [0.15, 0.2) is 11.5 Å². The van der Waals surface area contributed by atoms with Crippen LogP contribution in [0.25, 0.3) is 0 Å². The maximum absolute atomic E-state index is 9.47. The van der Waals surface area contributed by atoms with Crippen molar-refractivity contribution in [1.29, 1.82) is 0 Å². The summed E-state index contributed by atoms with van der Waals surface area (Å²) in [5.74, 6) is 1.46. The summed E-state index contributed by atoms with van der Waals surface area (Å²) in [5, 5.41) is 9.47. The molecule has 0 aromatic heterocycles. The number of hydrogen-bond donors (Lipinski definition) is 1. The minimum absolute atomic E-state index is 0.336. The molecule has 1 aromatic carbocycles. The molecule has 82 valence electrons. The Labute approximate surface area is 89.6 Å². The third-order valence-electron chi connectivity index (χ3n) is 2.49. The van der Waals surface area contributed by atoms with Crippen LogP contribution in [0.2, 0.25) is 0 Å². The zero-order chi connectivity index (χ0) is 10.8. The lowest BCUT2D eigenvalue weighted by Gasteiger charge is -2.12. The van der Waals surface area contributed by atoms with E-state index in [2.05, 4.69) is 0 Å². The second-order valence-electron chi connectivity index (χ2n) is 3.90. The van der Waals surface area contributed by atoms with Crippen molar-refractivity contribution in [2.75, 3.05) is 7.11 Å². The first-order valence-electron chi connectivity index (χ1n) is 5.23. The summed E-state index contributed by atoms with van der Waals surface area (Å²) in [5.41, 5.74) is 0.853. The van der Waals surface area contributed by atoms with Crippen molar-refractivity contribution in [3.63, 3.8) is 0 Å². The van der Waals surface area contributed by atoms with E-state index in [4.69, 9.17) is 9.47 Å². The summed E-state index contributed by atoms with van der Waals surface area (Å²) in [7, 11) is 1.62. The Balaban J connectivity index is 2.24. The Morgan fingerprint density at radius 2 is 2.07 bits per heavy atom. The SMILES string of the molecule is COc1ccc(C(C)O)cc1OC1CC1. The van der Waals surface area contributed by atoms with Gasteiger partial charge in [-0.05, 0) is 37.5 Å².